The van der Waals surface area contributed by atoms with E-state index in [1.165, 1.54) is 6.20 Å². The highest BCUT2D eigenvalue weighted by molar-refractivity contribution is 7.90. The molecule has 0 saturated heterocycles. The molecule has 0 atom stereocenters. The minimum absolute atomic E-state index is 0.00954. The monoisotopic (exact) mass is 219 g/mol. The molecule has 0 aliphatic carbocycles. The van der Waals surface area contributed by atoms with Crippen LogP contribution in [0.15, 0.2) is 12.3 Å². The Morgan fingerprint density at radius 2 is 2.36 bits per heavy atom. The maximum atomic E-state index is 11.0. The van der Waals surface area contributed by atoms with E-state index in [0.717, 1.165) is 0 Å². The Hall–Kier alpha value is -1.41. The molecule has 0 saturated carbocycles. The van der Waals surface area contributed by atoms with Gasteiger partial charge in [-0.15, -0.1) is 0 Å². The predicted molar refractivity (Wildman–Crippen MR) is 46.9 cm³/mol. The quantitative estimate of drug-likeness (QED) is 0.582. The molecule has 0 amide bonds. The zero-order valence-electron chi connectivity index (χ0n) is 7.10. The first-order chi connectivity index (χ1) is 6.49. The minimum Gasteiger partial charge on any atom is -0.480 e. The number of carboxylic acids is 1. The molecule has 3 N–H and O–H groups in total. The lowest BCUT2D eigenvalue weighted by atomic mass is 10.4. The molecule has 0 fully saturated rings. The number of hydrogen-bond acceptors (Lipinski definition) is 4. The molecule has 1 heterocycles. The lowest BCUT2D eigenvalue weighted by Crippen LogP contribution is -2.29. The summed E-state index contributed by atoms with van der Waals surface area (Å²) in [5.74, 6) is -2.32. The second kappa shape index (κ2) is 4.20. The molecule has 0 bridgehead atoms. The Labute approximate surface area is 80.2 Å². The summed E-state index contributed by atoms with van der Waals surface area (Å²) in [5, 5.41) is 14.4. The van der Waals surface area contributed by atoms with Crippen molar-refractivity contribution < 1.29 is 18.3 Å². The molecule has 0 aliphatic rings. The standard InChI is InChI=1S/C6H9N3O4S/c10-6(11)4-14(12,13)8-3-5-1-2-7-9-5/h1-2,8H,3-4H2,(H,7,9)(H,10,11). The van der Waals surface area contributed by atoms with Gasteiger partial charge in [0.25, 0.3) is 0 Å². The molecule has 0 aliphatic heterocycles. The van der Waals surface area contributed by atoms with Crippen LogP contribution < -0.4 is 4.72 Å². The van der Waals surface area contributed by atoms with Gasteiger partial charge in [-0.1, -0.05) is 0 Å². The Balaban J connectivity index is 2.49. The smallest absolute Gasteiger partial charge is 0.320 e. The molecular formula is C6H9N3O4S. The van der Waals surface area contributed by atoms with E-state index in [2.05, 4.69) is 14.9 Å². The van der Waals surface area contributed by atoms with Crippen molar-refractivity contribution in [3.8, 4) is 0 Å². The third kappa shape index (κ3) is 3.54. The average Bonchev–Trinajstić information content (AvgIpc) is 2.50. The molecule has 0 aromatic carbocycles. The Bertz CT molecular complexity index is 397. The van der Waals surface area contributed by atoms with Gasteiger partial charge in [-0.25, -0.2) is 13.1 Å². The zero-order chi connectivity index (χ0) is 10.6. The van der Waals surface area contributed by atoms with Gasteiger partial charge >= 0.3 is 5.97 Å². The van der Waals surface area contributed by atoms with Crippen LogP contribution in [0.2, 0.25) is 0 Å². The molecular weight excluding hydrogens is 210 g/mol. The average molecular weight is 219 g/mol. The third-order valence-corrected chi connectivity index (χ3v) is 2.57. The summed E-state index contributed by atoms with van der Waals surface area (Å²) in [4.78, 5) is 10.1. The van der Waals surface area contributed by atoms with Gasteiger partial charge in [0.1, 0.15) is 0 Å². The largest absolute Gasteiger partial charge is 0.480 e. The van der Waals surface area contributed by atoms with Crippen LogP contribution in [0.3, 0.4) is 0 Å². The van der Waals surface area contributed by atoms with E-state index in [-0.39, 0.29) is 6.54 Å². The van der Waals surface area contributed by atoms with E-state index >= 15 is 0 Å². The highest BCUT2D eigenvalue weighted by Crippen LogP contribution is 1.92. The zero-order valence-corrected chi connectivity index (χ0v) is 7.91. The summed E-state index contributed by atoms with van der Waals surface area (Å²) in [7, 11) is -3.75. The SMILES string of the molecule is O=C(O)CS(=O)(=O)NCc1ccn[nH]1. The second-order valence-corrected chi connectivity index (χ2v) is 4.36. The third-order valence-electron chi connectivity index (χ3n) is 1.35. The van der Waals surface area contributed by atoms with Crippen molar-refractivity contribution in [2.75, 3.05) is 5.75 Å². The van der Waals surface area contributed by atoms with E-state index in [0.29, 0.717) is 5.69 Å². The molecule has 1 rings (SSSR count). The van der Waals surface area contributed by atoms with Crippen LogP contribution in [0.4, 0.5) is 0 Å². The van der Waals surface area contributed by atoms with Crippen LogP contribution in [0, 0.1) is 0 Å². The maximum absolute atomic E-state index is 11.0. The van der Waals surface area contributed by atoms with E-state index in [4.69, 9.17) is 5.11 Å². The van der Waals surface area contributed by atoms with Crippen molar-refractivity contribution in [1.82, 2.24) is 14.9 Å². The molecule has 1 aromatic heterocycles. The van der Waals surface area contributed by atoms with Crippen molar-refractivity contribution in [1.29, 1.82) is 0 Å². The number of aliphatic carboxylic acids is 1. The van der Waals surface area contributed by atoms with Gasteiger partial charge in [-0.2, -0.15) is 5.10 Å². The topological polar surface area (TPSA) is 112 Å². The highest BCUT2D eigenvalue weighted by Gasteiger charge is 2.14. The van der Waals surface area contributed by atoms with E-state index < -0.39 is 21.7 Å². The molecule has 8 heteroatoms. The van der Waals surface area contributed by atoms with E-state index in [1.807, 2.05) is 0 Å². The number of carbonyl (C=O) groups is 1. The van der Waals surface area contributed by atoms with Crippen LogP contribution >= 0.6 is 0 Å². The number of aromatic nitrogens is 2. The molecule has 0 unspecified atom stereocenters. The number of carboxylic acid groups (broad SMARTS) is 1. The van der Waals surface area contributed by atoms with Crippen LogP contribution in [0.5, 0.6) is 0 Å². The van der Waals surface area contributed by atoms with Crippen molar-refractivity contribution in [2.45, 2.75) is 6.54 Å². The first-order valence-electron chi connectivity index (χ1n) is 3.67. The van der Waals surface area contributed by atoms with Gasteiger partial charge in [-0.3, -0.25) is 9.89 Å². The van der Waals surface area contributed by atoms with E-state index in [1.54, 1.807) is 6.07 Å². The van der Waals surface area contributed by atoms with Gasteiger partial charge in [0.15, 0.2) is 5.75 Å². The van der Waals surface area contributed by atoms with Crippen LogP contribution in [-0.2, 0) is 21.4 Å². The normalized spacial score (nSPS) is 11.4. The summed E-state index contributed by atoms with van der Waals surface area (Å²) in [5.41, 5.74) is 0.568. The molecule has 1 aromatic rings. The van der Waals surface area contributed by atoms with Crippen LogP contribution in [0.1, 0.15) is 5.69 Å². The highest BCUT2D eigenvalue weighted by atomic mass is 32.2. The number of rotatable bonds is 5. The van der Waals surface area contributed by atoms with Crippen molar-refractivity contribution in [3.63, 3.8) is 0 Å². The first kappa shape index (κ1) is 10.7. The fraction of sp³-hybridized carbons (Fsp3) is 0.333. The summed E-state index contributed by atoms with van der Waals surface area (Å²) in [6.07, 6.45) is 1.47. The van der Waals surface area contributed by atoms with Crippen LogP contribution in [0.25, 0.3) is 0 Å². The number of nitrogens with one attached hydrogen (secondary N) is 2. The fourth-order valence-corrected chi connectivity index (χ4v) is 1.59. The van der Waals surface area contributed by atoms with Gasteiger partial charge in [0.05, 0.1) is 12.2 Å². The van der Waals surface area contributed by atoms with Gasteiger partial charge in [0.2, 0.25) is 10.0 Å². The van der Waals surface area contributed by atoms with Gasteiger partial charge in [-0.05, 0) is 6.07 Å². The Morgan fingerprint density at radius 1 is 1.64 bits per heavy atom. The van der Waals surface area contributed by atoms with Gasteiger partial charge < -0.3 is 5.11 Å². The summed E-state index contributed by atoms with van der Waals surface area (Å²) in [6, 6.07) is 1.59. The summed E-state index contributed by atoms with van der Waals surface area (Å²) >= 11 is 0. The predicted octanol–water partition coefficient (Wildman–Crippen LogP) is -1.09. The Morgan fingerprint density at radius 3 is 2.86 bits per heavy atom. The fourth-order valence-electron chi connectivity index (χ4n) is 0.784. The van der Waals surface area contributed by atoms with Crippen molar-refractivity contribution in [3.05, 3.63) is 18.0 Å². The van der Waals surface area contributed by atoms with Crippen molar-refractivity contribution in [2.24, 2.45) is 0 Å². The molecule has 0 spiro atoms. The number of nitrogens with zero attached hydrogens (tertiary/aromatic N) is 1. The first-order valence-corrected chi connectivity index (χ1v) is 5.32. The molecule has 7 nitrogen and oxygen atoms in total. The van der Waals surface area contributed by atoms with Crippen LogP contribution in [-0.4, -0.2) is 35.4 Å². The maximum Gasteiger partial charge on any atom is 0.320 e. The lowest BCUT2D eigenvalue weighted by molar-refractivity contribution is -0.134. The molecule has 14 heavy (non-hydrogen) atoms. The van der Waals surface area contributed by atoms with Gasteiger partial charge in [0, 0.05) is 6.20 Å². The summed E-state index contributed by atoms with van der Waals surface area (Å²) in [6.45, 7) is 0.00954. The number of sulfonamides is 1. The molecule has 0 radical (unpaired) electrons. The lowest BCUT2D eigenvalue weighted by Gasteiger charge is -2.01. The Kier molecular flexibility index (Phi) is 3.20. The van der Waals surface area contributed by atoms with Crippen molar-refractivity contribution >= 4 is 16.0 Å². The number of H-pyrrole nitrogens is 1. The second-order valence-electron chi connectivity index (χ2n) is 2.56. The summed E-state index contributed by atoms with van der Waals surface area (Å²) < 4.78 is 24.1. The number of hydrogen-bond donors (Lipinski definition) is 3. The number of aromatic amines is 1. The minimum atomic E-state index is -3.75. The molecule has 78 valence electrons. The van der Waals surface area contributed by atoms with E-state index in [9.17, 15) is 13.2 Å².